The lowest BCUT2D eigenvalue weighted by Gasteiger charge is -2.45. The van der Waals surface area contributed by atoms with Crippen LogP contribution in [-0.4, -0.2) is 26.5 Å². The van der Waals surface area contributed by atoms with Crippen molar-refractivity contribution >= 4 is 14.3 Å². The topological polar surface area (TPSA) is 35.5 Å². The molecule has 1 saturated heterocycles. The minimum absolute atomic E-state index is 0.0119. The Labute approximate surface area is 112 Å². The van der Waals surface area contributed by atoms with E-state index in [0.717, 1.165) is 0 Å². The van der Waals surface area contributed by atoms with Crippen LogP contribution in [0.1, 0.15) is 41.5 Å². The first-order valence-electron chi connectivity index (χ1n) is 6.85. The van der Waals surface area contributed by atoms with Crippen LogP contribution in [0.4, 0.5) is 0 Å². The van der Waals surface area contributed by atoms with Crippen molar-refractivity contribution in [2.24, 2.45) is 11.8 Å². The molecule has 4 heteroatoms. The Morgan fingerprint density at radius 3 is 2.11 bits per heavy atom. The zero-order valence-electron chi connectivity index (χ0n) is 13.0. The molecule has 1 fully saturated rings. The molecule has 0 bridgehead atoms. The molecule has 3 nitrogen and oxygen atoms in total. The number of hydrogen-bond acceptors (Lipinski definition) is 3. The smallest absolute Gasteiger partial charge is 0.311 e. The summed E-state index contributed by atoms with van der Waals surface area (Å²) in [4.78, 5) is 11.8. The van der Waals surface area contributed by atoms with Crippen LogP contribution in [0, 0.1) is 11.8 Å². The fourth-order valence-corrected chi connectivity index (χ4v) is 3.43. The van der Waals surface area contributed by atoms with E-state index in [2.05, 4.69) is 40.8 Å². The van der Waals surface area contributed by atoms with Crippen LogP contribution in [0.15, 0.2) is 0 Å². The number of rotatable bonds is 2. The molecule has 106 valence electrons. The predicted octanol–water partition coefficient (Wildman–Crippen LogP) is 3.59. The highest BCUT2D eigenvalue weighted by Gasteiger charge is 2.46. The third-order valence-corrected chi connectivity index (χ3v) is 9.14. The lowest BCUT2D eigenvalue weighted by molar-refractivity contribution is -0.173. The maximum absolute atomic E-state index is 11.8. The molecule has 0 aromatic heterocycles. The SMILES string of the molecule is C[C@@H]1[C@H](O[Si](C)(C)C(C)(C)C)[C@@H](C)C(=O)O[C@@H]1C. The monoisotopic (exact) mass is 272 g/mol. The molecular weight excluding hydrogens is 244 g/mol. The first-order chi connectivity index (χ1) is 7.97. The number of carbonyl (C=O) groups excluding carboxylic acids is 1. The highest BCUT2D eigenvalue weighted by atomic mass is 28.4. The van der Waals surface area contributed by atoms with E-state index in [1.807, 2.05) is 13.8 Å². The van der Waals surface area contributed by atoms with E-state index in [1.165, 1.54) is 0 Å². The number of ether oxygens (including phenoxy) is 1. The summed E-state index contributed by atoms with van der Waals surface area (Å²) in [7, 11) is -1.84. The Bertz CT molecular complexity index is 319. The summed E-state index contributed by atoms with van der Waals surface area (Å²) in [6.07, 6.45) is -0.0642. The largest absolute Gasteiger partial charge is 0.462 e. The molecule has 1 aliphatic heterocycles. The van der Waals surface area contributed by atoms with E-state index in [-0.39, 0.29) is 35.1 Å². The summed E-state index contributed by atoms with van der Waals surface area (Å²) in [6.45, 7) is 17.1. The van der Waals surface area contributed by atoms with Crippen molar-refractivity contribution in [3.8, 4) is 0 Å². The Balaban J connectivity index is 2.90. The van der Waals surface area contributed by atoms with E-state index in [1.54, 1.807) is 0 Å². The van der Waals surface area contributed by atoms with Crippen molar-refractivity contribution in [2.45, 2.75) is 71.9 Å². The van der Waals surface area contributed by atoms with Crippen LogP contribution in [0.25, 0.3) is 0 Å². The second kappa shape index (κ2) is 4.97. The molecule has 18 heavy (non-hydrogen) atoms. The standard InChI is InChI=1S/C14H28O3Si/c1-9-11(3)16-13(15)10(2)12(9)17-18(7,8)14(4,5)6/h9-12H,1-8H3/t9-,10+,11+,12-/m0/s1. The maximum atomic E-state index is 11.8. The van der Waals surface area contributed by atoms with Crippen LogP contribution in [0.3, 0.4) is 0 Å². The van der Waals surface area contributed by atoms with Crippen LogP contribution in [0.5, 0.6) is 0 Å². The highest BCUT2D eigenvalue weighted by molar-refractivity contribution is 6.74. The molecular formula is C14H28O3Si. The highest BCUT2D eigenvalue weighted by Crippen LogP contribution is 2.40. The van der Waals surface area contributed by atoms with Gasteiger partial charge in [-0.15, -0.1) is 0 Å². The van der Waals surface area contributed by atoms with Crippen molar-refractivity contribution in [1.82, 2.24) is 0 Å². The first-order valence-corrected chi connectivity index (χ1v) is 9.76. The van der Waals surface area contributed by atoms with Gasteiger partial charge in [-0.05, 0) is 32.0 Å². The minimum atomic E-state index is -1.84. The molecule has 0 N–H and O–H groups in total. The molecule has 1 heterocycles. The van der Waals surface area contributed by atoms with E-state index in [0.29, 0.717) is 0 Å². The Kier molecular flexibility index (Phi) is 4.33. The molecule has 0 aromatic rings. The normalized spacial score (nSPS) is 34.3. The van der Waals surface area contributed by atoms with Crippen LogP contribution < -0.4 is 0 Å². The summed E-state index contributed by atoms with van der Waals surface area (Å²) in [6, 6.07) is 0. The van der Waals surface area contributed by atoms with Gasteiger partial charge >= 0.3 is 5.97 Å². The summed E-state index contributed by atoms with van der Waals surface area (Å²) in [5.74, 6) is -0.0264. The van der Waals surface area contributed by atoms with Crippen molar-refractivity contribution < 1.29 is 14.0 Å². The molecule has 0 aliphatic carbocycles. The zero-order chi connectivity index (χ0) is 14.3. The fraction of sp³-hybridized carbons (Fsp3) is 0.929. The van der Waals surface area contributed by atoms with Gasteiger partial charge in [-0.1, -0.05) is 27.7 Å². The van der Waals surface area contributed by atoms with Gasteiger partial charge in [0.2, 0.25) is 0 Å². The fourth-order valence-electron chi connectivity index (χ4n) is 1.98. The molecule has 0 amide bonds. The Morgan fingerprint density at radius 2 is 1.67 bits per heavy atom. The maximum Gasteiger partial charge on any atom is 0.311 e. The summed E-state index contributed by atoms with van der Waals surface area (Å²) >= 11 is 0. The van der Waals surface area contributed by atoms with Gasteiger partial charge in [0.15, 0.2) is 8.32 Å². The van der Waals surface area contributed by atoms with Crippen LogP contribution in [-0.2, 0) is 14.0 Å². The average Bonchev–Trinajstić information content (AvgIpc) is 2.20. The Morgan fingerprint density at radius 1 is 1.17 bits per heavy atom. The Hall–Kier alpha value is -0.353. The number of esters is 1. The second-order valence-corrected chi connectivity index (χ2v) is 11.9. The van der Waals surface area contributed by atoms with E-state index in [4.69, 9.17) is 9.16 Å². The molecule has 0 radical (unpaired) electrons. The number of cyclic esters (lactones) is 1. The minimum Gasteiger partial charge on any atom is -0.462 e. The number of carbonyl (C=O) groups is 1. The van der Waals surface area contributed by atoms with Gasteiger partial charge in [-0.2, -0.15) is 0 Å². The van der Waals surface area contributed by atoms with Gasteiger partial charge in [0.05, 0.1) is 12.0 Å². The van der Waals surface area contributed by atoms with Crippen LogP contribution >= 0.6 is 0 Å². The van der Waals surface area contributed by atoms with Crippen molar-refractivity contribution in [1.29, 1.82) is 0 Å². The van der Waals surface area contributed by atoms with Gasteiger partial charge in [0.1, 0.15) is 6.10 Å². The lowest BCUT2D eigenvalue weighted by Crippen LogP contribution is -2.53. The summed E-state index contributed by atoms with van der Waals surface area (Å²) < 4.78 is 11.8. The second-order valence-electron chi connectivity index (χ2n) is 7.13. The predicted molar refractivity (Wildman–Crippen MR) is 76.0 cm³/mol. The van der Waals surface area contributed by atoms with Crippen LogP contribution in [0.2, 0.25) is 18.1 Å². The van der Waals surface area contributed by atoms with Crippen molar-refractivity contribution in [3.05, 3.63) is 0 Å². The lowest BCUT2D eigenvalue weighted by atomic mass is 9.87. The molecule has 1 rings (SSSR count). The first kappa shape index (κ1) is 15.7. The van der Waals surface area contributed by atoms with Gasteiger partial charge < -0.3 is 9.16 Å². The van der Waals surface area contributed by atoms with Gasteiger partial charge in [0.25, 0.3) is 0 Å². The average molecular weight is 272 g/mol. The molecule has 0 saturated carbocycles. The molecule has 0 unspecified atom stereocenters. The van der Waals surface area contributed by atoms with Gasteiger partial charge in [-0.3, -0.25) is 4.79 Å². The summed E-state index contributed by atoms with van der Waals surface area (Å²) in [5, 5.41) is 0.164. The van der Waals surface area contributed by atoms with E-state index < -0.39 is 8.32 Å². The zero-order valence-corrected chi connectivity index (χ0v) is 14.0. The van der Waals surface area contributed by atoms with Crippen molar-refractivity contribution in [2.75, 3.05) is 0 Å². The quantitative estimate of drug-likeness (QED) is 0.569. The van der Waals surface area contributed by atoms with E-state index in [9.17, 15) is 4.79 Å². The molecule has 0 aromatic carbocycles. The van der Waals surface area contributed by atoms with Crippen molar-refractivity contribution in [3.63, 3.8) is 0 Å². The third kappa shape index (κ3) is 2.97. The van der Waals surface area contributed by atoms with E-state index >= 15 is 0 Å². The molecule has 0 spiro atoms. The molecule has 4 atom stereocenters. The van der Waals surface area contributed by atoms with Gasteiger partial charge in [-0.25, -0.2) is 0 Å². The van der Waals surface area contributed by atoms with Gasteiger partial charge in [0, 0.05) is 5.92 Å². The third-order valence-electron chi connectivity index (χ3n) is 4.66. The molecule has 1 aliphatic rings. The number of hydrogen-bond donors (Lipinski definition) is 0. The summed E-state index contributed by atoms with van der Waals surface area (Å²) in [5.41, 5.74) is 0.